The van der Waals surface area contributed by atoms with Crippen molar-refractivity contribution in [2.24, 2.45) is 0 Å². The maximum absolute atomic E-state index is 12.5. The summed E-state index contributed by atoms with van der Waals surface area (Å²) in [6.45, 7) is 5.88. The van der Waals surface area contributed by atoms with Crippen molar-refractivity contribution in [3.63, 3.8) is 0 Å². The summed E-state index contributed by atoms with van der Waals surface area (Å²) in [4.78, 5) is 12.5. The van der Waals surface area contributed by atoms with Gasteiger partial charge in [0, 0.05) is 5.02 Å². The minimum atomic E-state index is -0.606. The molecule has 0 radical (unpaired) electrons. The van der Waals surface area contributed by atoms with E-state index in [9.17, 15) is 4.79 Å². The van der Waals surface area contributed by atoms with Crippen molar-refractivity contribution in [3.8, 4) is 5.75 Å². The molecule has 0 bridgehead atoms. The first-order valence-electron chi connectivity index (χ1n) is 7.41. The third kappa shape index (κ3) is 4.40. The number of rotatable bonds is 5. The van der Waals surface area contributed by atoms with Crippen LogP contribution in [0.15, 0.2) is 36.4 Å². The minimum absolute atomic E-state index is 0.252. The van der Waals surface area contributed by atoms with Crippen LogP contribution >= 0.6 is 23.2 Å². The molecule has 0 unspecified atom stereocenters. The second-order valence-electron chi connectivity index (χ2n) is 5.33. The maximum Gasteiger partial charge on any atom is 0.265 e. The van der Waals surface area contributed by atoms with Gasteiger partial charge in [0.2, 0.25) is 0 Å². The third-order valence-corrected chi connectivity index (χ3v) is 4.24. The third-order valence-electron chi connectivity index (χ3n) is 3.67. The first kappa shape index (κ1) is 17.6. The molecular formula is C18H19Cl2NO2. The zero-order chi connectivity index (χ0) is 17.0. The summed E-state index contributed by atoms with van der Waals surface area (Å²) in [6, 6.07) is 10.7. The van der Waals surface area contributed by atoms with E-state index in [0.29, 0.717) is 27.9 Å². The van der Waals surface area contributed by atoms with Crippen LogP contribution in [-0.4, -0.2) is 12.0 Å². The Balaban J connectivity index is 2.15. The van der Waals surface area contributed by atoms with Crippen molar-refractivity contribution in [2.75, 3.05) is 5.32 Å². The summed E-state index contributed by atoms with van der Waals surface area (Å²) >= 11 is 12.0. The number of halogens is 2. The highest BCUT2D eigenvalue weighted by atomic mass is 35.5. The summed E-state index contributed by atoms with van der Waals surface area (Å²) < 4.78 is 5.89. The number of aryl methyl sites for hydroxylation is 1. The molecule has 0 saturated carbocycles. The Morgan fingerprint density at radius 2 is 1.96 bits per heavy atom. The second-order valence-corrected chi connectivity index (χ2v) is 6.17. The van der Waals surface area contributed by atoms with E-state index in [0.717, 1.165) is 11.1 Å². The molecule has 2 aromatic rings. The number of anilines is 1. The van der Waals surface area contributed by atoms with Crippen LogP contribution in [0, 0.1) is 13.8 Å². The van der Waals surface area contributed by atoms with E-state index >= 15 is 0 Å². The van der Waals surface area contributed by atoms with Crippen LogP contribution in [0.3, 0.4) is 0 Å². The number of carbonyl (C=O) groups is 1. The number of carbonyl (C=O) groups excluding carboxylic acids is 1. The van der Waals surface area contributed by atoms with Gasteiger partial charge in [-0.2, -0.15) is 0 Å². The van der Waals surface area contributed by atoms with Gasteiger partial charge in [0.15, 0.2) is 6.10 Å². The van der Waals surface area contributed by atoms with E-state index in [1.165, 1.54) is 0 Å². The van der Waals surface area contributed by atoms with Crippen LogP contribution in [0.2, 0.25) is 10.0 Å². The van der Waals surface area contributed by atoms with Crippen molar-refractivity contribution in [3.05, 3.63) is 57.6 Å². The molecule has 0 aliphatic carbocycles. The highest BCUT2D eigenvalue weighted by Gasteiger charge is 2.20. The minimum Gasteiger partial charge on any atom is -0.480 e. The normalized spacial score (nSPS) is 11.9. The standard InChI is InChI=1S/C18H19Cl2NO2/c1-4-16(23-17-7-5-6-11(2)12(17)3)18(22)21-15-10-13(19)8-9-14(15)20/h5-10,16H,4H2,1-3H3,(H,21,22)/t16-/m1/s1. The Labute approximate surface area is 146 Å². The van der Waals surface area contributed by atoms with E-state index in [1.54, 1.807) is 18.2 Å². The fourth-order valence-electron chi connectivity index (χ4n) is 2.13. The monoisotopic (exact) mass is 351 g/mol. The molecule has 1 N–H and O–H groups in total. The quantitative estimate of drug-likeness (QED) is 0.782. The van der Waals surface area contributed by atoms with Crippen molar-refractivity contribution < 1.29 is 9.53 Å². The molecule has 0 aromatic heterocycles. The van der Waals surface area contributed by atoms with Gasteiger partial charge in [-0.05, 0) is 55.7 Å². The van der Waals surface area contributed by atoms with Crippen LogP contribution in [0.5, 0.6) is 5.75 Å². The highest BCUT2D eigenvalue weighted by molar-refractivity contribution is 6.35. The summed E-state index contributed by atoms with van der Waals surface area (Å²) in [5.41, 5.74) is 2.63. The SMILES string of the molecule is CC[C@@H](Oc1cccc(C)c1C)C(=O)Nc1cc(Cl)ccc1Cl. The van der Waals surface area contributed by atoms with Crippen molar-refractivity contribution >= 4 is 34.8 Å². The molecule has 0 spiro atoms. The lowest BCUT2D eigenvalue weighted by Gasteiger charge is -2.19. The van der Waals surface area contributed by atoms with Gasteiger partial charge in [0.05, 0.1) is 10.7 Å². The zero-order valence-electron chi connectivity index (χ0n) is 13.3. The van der Waals surface area contributed by atoms with E-state index in [-0.39, 0.29) is 5.91 Å². The molecule has 0 heterocycles. The number of hydrogen-bond acceptors (Lipinski definition) is 2. The fourth-order valence-corrected chi connectivity index (χ4v) is 2.47. The lowest BCUT2D eigenvalue weighted by Crippen LogP contribution is -2.32. The smallest absolute Gasteiger partial charge is 0.265 e. The second kappa shape index (κ2) is 7.71. The van der Waals surface area contributed by atoms with Crippen LogP contribution in [0.1, 0.15) is 24.5 Å². The van der Waals surface area contributed by atoms with Gasteiger partial charge >= 0.3 is 0 Å². The van der Waals surface area contributed by atoms with Crippen molar-refractivity contribution in [1.82, 2.24) is 0 Å². The van der Waals surface area contributed by atoms with Crippen LogP contribution in [0.4, 0.5) is 5.69 Å². The molecule has 1 amide bonds. The lowest BCUT2D eigenvalue weighted by molar-refractivity contribution is -0.122. The molecule has 2 aromatic carbocycles. The Morgan fingerprint density at radius 1 is 1.22 bits per heavy atom. The first-order chi connectivity index (χ1) is 10.9. The fraction of sp³-hybridized carbons (Fsp3) is 0.278. The van der Waals surface area contributed by atoms with Crippen LogP contribution in [-0.2, 0) is 4.79 Å². The predicted octanol–water partition coefficient (Wildman–Crippen LogP) is 5.41. The van der Waals surface area contributed by atoms with E-state index < -0.39 is 6.10 Å². The molecule has 23 heavy (non-hydrogen) atoms. The van der Waals surface area contributed by atoms with Gasteiger partial charge in [-0.15, -0.1) is 0 Å². The predicted molar refractivity (Wildman–Crippen MR) is 95.7 cm³/mol. The molecule has 5 heteroatoms. The van der Waals surface area contributed by atoms with Gasteiger partial charge in [-0.3, -0.25) is 4.79 Å². The molecular weight excluding hydrogens is 333 g/mol. The van der Waals surface area contributed by atoms with Gasteiger partial charge in [-0.25, -0.2) is 0 Å². The molecule has 0 aliphatic heterocycles. The summed E-state index contributed by atoms with van der Waals surface area (Å²) in [6.07, 6.45) is -0.0669. The molecule has 3 nitrogen and oxygen atoms in total. The number of hydrogen-bond donors (Lipinski definition) is 1. The molecule has 122 valence electrons. The Kier molecular flexibility index (Phi) is 5.91. The van der Waals surface area contributed by atoms with E-state index in [2.05, 4.69) is 5.32 Å². The maximum atomic E-state index is 12.5. The van der Waals surface area contributed by atoms with Gasteiger partial charge in [-0.1, -0.05) is 42.3 Å². The van der Waals surface area contributed by atoms with Crippen molar-refractivity contribution in [1.29, 1.82) is 0 Å². The molecule has 1 atom stereocenters. The molecule has 2 rings (SSSR count). The first-order valence-corrected chi connectivity index (χ1v) is 8.16. The number of benzene rings is 2. The Hall–Kier alpha value is -1.71. The number of nitrogens with one attached hydrogen (secondary N) is 1. The number of ether oxygens (including phenoxy) is 1. The van der Waals surface area contributed by atoms with E-state index in [4.69, 9.17) is 27.9 Å². The van der Waals surface area contributed by atoms with Gasteiger partial charge < -0.3 is 10.1 Å². The van der Waals surface area contributed by atoms with Gasteiger partial charge in [0.1, 0.15) is 5.75 Å². The molecule has 0 fully saturated rings. The average Bonchev–Trinajstić information content (AvgIpc) is 2.52. The summed E-state index contributed by atoms with van der Waals surface area (Å²) in [7, 11) is 0. The largest absolute Gasteiger partial charge is 0.480 e. The molecule has 0 aliphatic rings. The number of amides is 1. The average molecular weight is 352 g/mol. The lowest BCUT2D eigenvalue weighted by atomic mass is 10.1. The van der Waals surface area contributed by atoms with Gasteiger partial charge in [0.25, 0.3) is 5.91 Å². The van der Waals surface area contributed by atoms with Crippen molar-refractivity contribution in [2.45, 2.75) is 33.3 Å². The Bertz CT molecular complexity index is 716. The summed E-state index contributed by atoms with van der Waals surface area (Å²) in [5, 5.41) is 3.72. The Morgan fingerprint density at radius 3 is 2.65 bits per heavy atom. The van der Waals surface area contributed by atoms with Crippen LogP contribution < -0.4 is 10.1 Å². The topological polar surface area (TPSA) is 38.3 Å². The molecule has 0 saturated heterocycles. The van der Waals surface area contributed by atoms with Crippen LogP contribution in [0.25, 0.3) is 0 Å². The summed E-state index contributed by atoms with van der Waals surface area (Å²) in [5.74, 6) is 0.460. The van der Waals surface area contributed by atoms with E-state index in [1.807, 2.05) is 39.0 Å². The highest BCUT2D eigenvalue weighted by Crippen LogP contribution is 2.27. The zero-order valence-corrected chi connectivity index (χ0v) is 14.8.